The summed E-state index contributed by atoms with van der Waals surface area (Å²) in [5.41, 5.74) is 2.57. The highest BCUT2D eigenvalue weighted by molar-refractivity contribution is 7.92. The van der Waals surface area contributed by atoms with E-state index in [9.17, 15) is 13.2 Å². The number of hydrogen-bond acceptors (Lipinski definition) is 4. The summed E-state index contributed by atoms with van der Waals surface area (Å²) in [5.74, 6) is 0.605. The molecule has 0 radical (unpaired) electrons. The number of sulfonamides is 1. The first-order chi connectivity index (χ1) is 13.9. The summed E-state index contributed by atoms with van der Waals surface area (Å²) >= 11 is 6.23. The lowest BCUT2D eigenvalue weighted by molar-refractivity contribution is 0.0954. The number of imidazole rings is 1. The summed E-state index contributed by atoms with van der Waals surface area (Å²) in [6.07, 6.45) is 1.96. The van der Waals surface area contributed by atoms with Crippen LogP contribution >= 0.6 is 11.6 Å². The number of aromatic amines is 1. The molecule has 1 saturated heterocycles. The van der Waals surface area contributed by atoms with Crippen molar-refractivity contribution < 1.29 is 13.2 Å². The van der Waals surface area contributed by atoms with Gasteiger partial charge in [0.2, 0.25) is 10.0 Å². The van der Waals surface area contributed by atoms with E-state index in [4.69, 9.17) is 11.6 Å². The molecule has 0 unspecified atom stereocenters. The van der Waals surface area contributed by atoms with E-state index >= 15 is 0 Å². The van der Waals surface area contributed by atoms with Gasteiger partial charge in [0.25, 0.3) is 5.91 Å². The highest BCUT2D eigenvalue weighted by Crippen LogP contribution is 2.31. The minimum atomic E-state index is -3.40. The van der Waals surface area contributed by atoms with Crippen LogP contribution in [0.4, 0.5) is 5.69 Å². The third-order valence-corrected chi connectivity index (χ3v) is 7.09. The first kappa shape index (κ1) is 19.7. The molecule has 1 aromatic heterocycles. The van der Waals surface area contributed by atoms with Crippen molar-refractivity contribution in [3.05, 3.63) is 58.9 Å². The first-order valence-electron chi connectivity index (χ1n) is 9.46. The second-order valence-corrected chi connectivity index (χ2v) is 9.39. The minimum absolute atomic E-state index is 0.0945. The van der Waals surface area contributed by atoms with Gasteiger partial charge in [-0.3, -0.25) is 9.10 Å². The van der Waals surface area contributed by atoms with Crippen LogP contribution in [0.15, 0.2) is 42.5 Å². The number of halogens is 1. The van der Waals surface area contributed by atoms with Crippen LogP contribution in [0.25, 0.3) is 11.0 Å². The number of para-hydroxylation sites is 2. The molecule has 0 atom stereocenters. The number of aromatic nitrogens is 2. The van der Waals surface area contributed by atoms with Gasteiger partial charge < -0.3 is 10.3 Å². The average Bonchev–Trinajstić information content (AvgIpc) is 3.11. The van der Waals surface area contributed by atoms with Crippen molar-refractivity contribution in [2.24, 2.45) is 0 Å². The number of benzene rings is 2. The Morgan fingerprint density at radius 1 is 1.21 bits per heavy atom. The molecule has 0 aliphatic carbocycles. The minimum Gasteiger partial charge on any atom is -0.352 e. The van der Waals surface area contributed by atoms with Crippen LogP contribution in [0, 0.1) is 0 Å². The SMILES string of the molecule is O=C(NCCc1nc2ccccc2[nH]1)c1ccc(Cl)c(N2CCCCS2(=O)=O)c1. The largest absolute Gasteiger partial charge is 0.352 e. The van der Waals surface area contributed by atoms with Crippen molar-refractivity contribution in [3.63, 3.8) is 0 Å². The monoisotopic (exact) mass is 432 g/mol. The molecule has 0 bridgehead atoms. The Kier molecular flexibility index (Phi) is 5.47. The van der Waals surface area contributed by atoms with E-state index in [-0.39, 0.29) is 11.7 Å². The standard InChI is InChI=1S/C20H21ClN4O3S/c21-15-8-7-14(13-18(15)25-11-3-4-12-29(25,27)28)20(26)22-10-9-19-23-16-5-1-2-6-17(16)24-19/h1-2,5-8,13H,3-4,9-12H2,(H,22,26)(H,23,24). The molecule has 1 amide bonds. The predicted molar refractivity (Wildman–Crippen MR) is 114 cm³/mol. The van der Waals surface area contributed by atoms with E-state index in [1.165, 1.54) is 4.31 Å². The van der Waals surface area contributed by atoms with Crippen molar-refractivity contribution in [2.75, 3.05) is 23.1 Å². The van der Waals surface area contributed by atoms with Gasteiger partial charge in [-0.15, -0.1) is 0 Å². The van der Waals surface area contributed by atoms with Gasteiger partial charge in [-0.1, -0.05) is 23.7 Å². The van der Waals surface area contributed by atoms with Gasteiger partial charge in [-0.05, 0) is 43.2 Å². The van der Waals surface area contributed by atoms with E-state index in [0.717, 1.165) is 23.3 Å². The second-order valence-electron chi connectivity index (χ2n) is 6.97. The van der Waals surface area contributed by atoms with E-state index in [2.05, 4.69) is 15.3 Å². The molecule has 1 aliphatic heterocycles. The molecule has 1 aliphatic rings. The average molecular weight is 433 g/mol. The van der Waals surface area contributed by atoms with Crippen molar-refractivity contribution in [2.45, 2.75) is 19.3 Å². The number of amides is 1. The normalized spacial score (nSPS) is 16.1. The Balaban J connectivity index is 1.44. The summed E-state index contributed by atoms with van der Waals surface area (Å²) in [7, 11) is -3.40. The van der Waals surface area contributed by atoms with Crippen molar-refractivity contribution >= 4 is 44.3 Å². The molecular weight excluding hydrogens is 412 g/mol. The number of rotatable bonds is 5. The maximum absolute atomic E-state index is 12.6. The van der Waals surface area contributed by atoms with E-state index < -0.39 is 10.0 Å². The van der Waals surface area contributed by atoms with Gasteiger partial charge >= 0.3 is 0 Å². The molecule has 29 heavy (non-hydrogen) atoms. The van der Waals surface area contributed by atoms with Gasteiger partial charge in [-0.25, -0.2) is 13.4 Å². The lowest BCUT2D eigenvalue weighted by Crippen LogP contribution is -2.38. The number of hydrogen-bond donors (Lipinski definition) is 2. The Bertz CT molecular complexity index is 1130. The van der Waals surface area contributed by atoms with Gasteiger partial charge in [-0.2, -0.15) is 0 Å². The number of fused-ring (bicyclic) bond motifs is 1. The van der Waals surface area contributed by atoms with Crippen LogP contribution < -0.4 is 9.62 Å². The van der Waals surface area contributed by atoms with Crippen LogP contribution in [0.1, 0.15) is 29.0 Å². The Labute approximate surface area is 174 Å². The summed E-state index contributed by atoms with van der Waals surface area (Å²) in [6, 6.07) is 12.4. The smallest absolute Gasteiger partial charge is 0.251 e. The maximum atomic E-state index is 12.6. The zero-order valence-corrected chi connectivity index (χ0v) is 17.3. The third-order valence-electron chi connectivity index (χ3n) is 4.91. The number of carbonyl (C=O) groups is 1. The zero-order valence-electron chi connectivity index (χ0n) is 15.7. The molecule has 0 saturated carbocycles. The van der Waals surface area contributed by atoms with Crippen LogP contribution in [-0.2, 0) is 16.4 Å². The summed E-state index contributed by atoms with van der Waals surface area (Å²) < 4.78 is 26.1. The highest BCUT2D eigenvalue weighted by Gasteiger charge is 2.28. The van der Waals surface area contributed by atoms with Crippen LogP contribution in [-0.4, -0.2) is 43.1 Å². The zero-order chi connectivity index (χ0) is 20.4. The molecule has 152 valence electrons. The van der Waals surface area contributed by atoms with Gasteiger partial charge in [0.05, 0.1) is 27.5 Å². The van der Waals surface area contributed by atoms with Crippen LogP contribution in [0.3, 0.4) is 0 Å². The molecular formula is C20H21ClN4O3S. The molecule has 0 spiro atoms. The molecule has 9 heteroatoms. The summed E-state index contributed by atoms with van der Waals surface area (Å²) in [5, 5.41) is 3.17. The molecule has 2 N–H and O–H groups in total. The molecule has 7 nitrogen and oxygen atoms in total. The Morgan fingerprint density at radius 2 is 2.03 bits per heavy atom. The molecule has 2 aromatic carbocycles. The van der Waals surface area contributed by atoms with Crippen LogP contribution in [0.5, 0.6) is 0 Å². The predicted octanol–water partition coefficient (Wildman–Crippen LogP) is 3.12. The van der Waals surface area contributed by atoms with E-state index in [1.54, 1.807) is 18.2 Å². The third kappa shape index (κ3) is 4.23. The molecule has 4 rings (SSSR count). The summed E-state index contributed by atoms with van der Waals surface area (Å²) in [4.78, 5) is 20.3. The summed E-state index contributed by atoms with van der Waals surface area (Å²) in [6.45, 7) is 0.776. The molecule has 2 heterocycles. The van der Waals surface area contributed by atoms with Crippen molar-refractivity contribution in [1.82, 2.24) is 15.3 Å². The van der Waals surface area contributed by atoms with Crippen molar-refractivity contribution in [1.29, 1.82) is 0 Å². The topological polar surface area (TPSA) is 95.2 Å². The number of H-pyrrole nitrogens is 1. The molecule has 1 fully saturated rings. The lowest BCUT2D eigenvalue weighted by Gasteiger charge is -2.29. The Hall–Kier alpha value is -2.58. The fraction of sp³-hybridized carbons (Fsp3) is 0.300. The van der Waals surface area contributed by atoms with Gasteiger partial charge in [0.1, 0.15) is 5.82 Å². The fourth-order valence-electron chi connectivity index (χ4n) is 3.43. The van der Waals surface area contributed by atoms with Crippen molar-refractivity contribution in [3.8, 4) is 0 Å². The number of carbonyl (C=O) groups excluding carboxylic acids is 1. The quantitative estimate of drug-likeness (QED) is 0.647. The highest BCUT2D eigenvalue weighted by atomic mass is 35.5. The van der Waals surface area contributed by atoms with Crippen LogP contribution in [0.2, 0.25) is 5.02 Å². The van der Waals surface area contributed by atoms with Gasteiger partial charge in [0, 0.05) is 25.1 Å². The Morgan fingerprint density at radius 3 is 2.83 bits per heavy atom. The number of nitrogens with one attached hydrogen (secondary N) is 2. The maximum Gasteiger partial charge on any atom is 0.251 e. The lowest BCUT2D eigenvalue weighted by atomic mass is 10.1. The van der Waals surface area contributed by atoms with Gasteiger partial charge in [0.15, 0.2) is 0 Å². The van der Waals surface area contributed by atoms with E-state index in [0.29, 0.717) is 42.2 Å². The molecule has 3 aromatic rings. The first-order valence-corrected chi connectivity index (χ1v) is 11.4. The fourth-order valence-corrected chi connectivity index (χ4v) is 5.34. The second kappa shape index (κ2) is 8.04. The van der Waals surface area contributed by atoms with E-state index in [1.807, 2.05) is 24.3 Å². The number of anilines is 1. The number of nitrogens with zero attached hydrogens (tertiary/aromatic N) is 2.